The van der Waals surface area contributed by atoms with Crippen LogP contribution in [0.4, 0.5) is 0 Å². The summed E-state index contributed by atoms with van der Waals surface area (Å²) in [5.41, 5.74) is 5.04. The van der Waals surface area contributed by atoms with Crippen LogP contribution in [0.2, 0.25) is 0 Å². The number of likely N-dealkylation sites (N-methyl/N-ethyl adjacent to an activating group) is 1. The lowest BCUT2D eigenvalue weighted by molar-refractivity contribution is -0.134. The number of nitrogens with zero attached hydrogens (tertiary/aromatic N) is 4. The Bertz CT molecular complexity index is 1360. The number of hydrogen-bond acceptors (Lipinski definition) is 6. The van der Waals surface area contributed by atoms with Gasteiger partial charge in [0.25, 0.3) is 0 Å². The van der Waals surface area contributed by atoms with Gasteiger partial charge in [-0.2, -0.15) is 5.10 Å². The molecule has 2 aromatic heterocycles. The second kappa shape index (κ2) is 12.5. The molecule has 2 aromatic carbocycles. The molecule has 4 aromatic rings. The average Bonchev–Trinajstić information content (AvgIpc) is 3.23. The van der Waals surface area contributed by atoms with Crippen molar-refractivity contribution in [2.24, 2.45) is 0 Å². The molecule has 0 saturated carbocycles. The van der Waals surface area contributed by atoms with Crippen molar-refractivity contribution in [1.29, 1.82) is 0 Å². The smallest absolute Gasteiger partial charge is 0.328 e. The summed E-state index contributed by atoms with van der Waals surface area (Å²) in [5.74, 6) is -1.65. The van der Waals surface area contributed by atoms with E-state index in [1.54, 1.807) is 0 Å². The molecule has 4 rings (SSSR count). The third-order valence-corrected chi connectivity index (χ3v) is 5.18. The topological polar surface area (TPSA) is 118 Å². The van der Waals surface area contributed by atoms with Crippen LogP contribution in [0.5, 0.6) is 5.75 Å². The lowest BCUT2D eigenvalue weighted by atomic mass is 10.1. The quantitative estimate of drug-likeness (QED) is 0.340. The number of rotatable bonds is 8. The number of aryl methyl sites for hydroxylation is 1. The number of benzene rings is 2. The van der Waals surface area contributed by atoms with Crippen LogP contribution in [-0.2, 0) is 9.59 Å². The maximum atomic E-state index is 9.55. The first-order valence-electron chi connectivity index (χ1n) is 11.6. The van der Waals surface area contributed by atoms with Crippen LogP contribution in [0.1, 0.15) is 12.5 Å². The predicted octanol–water partition coefficient (Wildman–Crippen LogP) is 4.44. The van der Waals surface area contributed by atoms with Crippen LogP contribution in [0, 0.1) is 6.92 Å². The van der Waals surface area contributed by atoms with Gasteiger partial charge in [0.15, 0.2) is 5.65 Å². The SMILES string of the molecule is Cc1ccc(-n2nc(-c3ccc(OC(C)CN(C)C)cc3)c3cccnc32)cc1.O=C(O)/C=C\C(=O)O. The van der Waals surface area contributed by atoms with Gasteiger partial charge in [-0.25, -0.2) is 19.3 Å². The second-order valence-corrected chi connectivity index (χ2v) is 8.70. The molecule has 0 aliphatic rings. The van der Waals surface area contributed by atoms with E-state index in [0.717, 1.165) is 40.3 Å². The van der Waals surface area contributed by atoms with Crippen molar-refractivity contribution < 1.29 is 24.5 Å². The van der Waals surface area contributed by atoms with Crippen molar-refractivity contribution in [1.82, 2.24) is 19.7 Å². The molecule has 2 N–H and O–H groups in total. The zero-order valence-corrected chi connectivity index (χ0v) is 21.2. The summed E-state index contributed by atoms with van der Waals surface area (Å²) in [7, 11) is 4.10. The minimum absolute atomic E-state index is 0.127. The fourth-order valence-corrected chi connectivity index (χ4v) is 3.65. The Hall–Kier alpha value is -4.50. The molecule has 9 heteroatoms. The molecule has 192 valence electrons. The number of aromatic nitrogens is 3. The van der Waals surface area contributed by atoms with Crippen molar-refractivity contribution >= 4 is 23.0 Å². The number of carbonyl (C=O) groups is 2. The molecule has 0 amide bonds. The van der Waals surface area contributed by atoms with E-state index in [2.05, 4.69) is 66.2 Å². The highest BCUT2D eigenvalue weighted by molar-refractivity contribution is 5.92. The van der Waals surface area contributed by atoms with E-state index >= 15 is 0 Å². The van der Waals surface area contributed by atoms with E-state index in [1.165, 1.54) is 5.56 Å². The Morgan fingerprint density at radius 2 is 1.62 bits per heavy atom. The zero-order chi connectivity index (χ0) is 26.9. The molecule has 0 saturated heterocycles. The second-order valence-electron chi connectivity index (χ2n) is 8.70. The van der Waals surface area contributed by atoms with Gasteiger partial charge >= 0.3 is 11.9 Å². The van der Waals surface area contributed by atoms with Crippen molar-refractivity contribution in [3.05, 3.63) is 84.6 Å². The highest BCUT2D eigenvalue weighted by atomic mass is 16.5. The number of aliphatic carboxylic acids is 2. The van der Waals surface area contributed by atoms with Crippen molar-refractivity contribution in [2.75, 3.05) is 20.6 Å². The summed E-state index contributed by atoms with van der Waals surface area (Å²) in [6.45, 7) is 5.03. The van der Waals surface area contributed by atoms with Crippen LogP contribution in [0.3, 0.4) is 0 Å². The number of pyridine rings is 1. The summed E-state index contributed by atoms with van der Waals surface area (Å²) in [6.07, 6.45) is 3.05. The third kappa shape index (κ3) is 7.74. The maximum absolute atomic E-state index is 9.55. The van der Waals surface area contributed by atoms with Crippen LogP contribution < -0.4 is 4.74 Å². The van der Waals surface area contributed by atoms with Crippen molar-refractivity contribution in [3.63, 3.8) is 0 Å². The van der Waals surface area contributed by atoms with E-state index in [4.69, 9.17) is 20.0 Å². The largest absolute Gasteiger partial charge is 0.489 e. The lowest BCUT2D eigenvalue weighted by Crippen LogP contribution is -2.27. The number of hydrogen-bond donors (Lipinski definition) is 2. The highest BCUT2D eigenvalue weighted by Crippen LogP contribution is 2.30. The molecule has 37 heavy (non-hydrogen) atoms. The molecule has 0 bridgehead atoms. The molecule has 0 aliphatic heterocycles. The number of fused-ring (bicyclic) bond motifs is 1. The van der Waals surface area contributed by atoms with Crippen molar-refractivity contribution in [2.45, 2.75) is 20.0 Å². The minimum atomic E-state index is -1.26. The Morgan fingerprint density at radius 3 is 2.19 bits per heavy atom. The molecule has 0 radical (unpaired) electrons. The Labute approximate surface area is 215 Å². The number of carboxylic acid groups (broad SMARTS) is 2. The van der Waals surface area contributed by atoms with E-state index in [0.29, 0.717) is 12.2 Å². The van der Waals surface area contributed by atoms with Crippen LogP contribution in [0.15, 0.2) is 79.0 Å². The van der Waals surface area contributed by atoms with Gasteiger partial charge in [0.1, 0.15) is 17.5 Å². The summed E-state index contributed by atoms with van der Waals surface area (Å²) >= 11 is 0. The molecular weight excluding hydrogens is 472 g/mol. The normalized spacial score (nSPS) is 11.8. The van der Waals surface area contributed by atoms with Gasteiger partial charge in [-0.15, -0.1) is 0 Å². The first-order valence-corrected chi connectivity index (χ1v) is 11.6. The fourth-order valence-electron chi connectivity index (χ4n) is 3.65. The monoisotopic (exact) mass is 502 g/mol. The van der Waals surface area contributed by atoms with Crippen molar-refractivity contribution in [3.8, 4) is 22.7 Å². The van der Waals surface area contributed by atoms with E-state index in [9.17, 15) is 9.59 Å². The van der Waals surface area contributed by atoms with Gasteiger partial charge in [0, 0.05) is 35.8 Å². The van der Waals surface area contributed by atoms with Gasteiger partial charge in [-0.05, 0) is 76.5 Å². The zero-order valence-electron chi connectivity index (χ0n) is 21.2. The maximum Gasteiger partial charge on any atom is 0.328 e. The molecule has 2 heterocycles. The van der Waals surface area contributed by atoms with Crippen LogP contribution in [0.25, 0.3) is 28.0 Å². The molecule has 0 spiro atoms. The summed E-state index contributed by atoms with van der Waals surface area (Å²) in [5, 5.41) is 21.6. The van der Waals surface area contributed by atoms with Crippen LogP contribution in [-0.4, -0.2) is 68.6 Å². The Kier molecular flexibility index (Phi) is 9.12. The minimum Gasteiger partial charge on any atom is -0.489 e. The Balaban J connectivity index is 0.000000414. The standard InChI is InChI=1S/C24H26N4O.C4H4O4/c1-17-7-11-20(12-8-17)28-24-22(6-5-15-25-24)23(26-28)19-9-13-21(14-10-19)29-18(2)16-27(3)4;5-3(6)1-2-4(7)8/h5-15,18H,16H2,1-4H3;1-2H,(H,5,6)(H,7,8)/b;2-1-. The summed E-state index contributed by atoms with van der Waals surface area (Å²) < 4.78 is 7.92. The van der Waals surface area contributed by atoms with E-state index in [1.807, 2.05) is 43.2 Å². The van der Waals surface area contributed by atoms with Crippen LogP contribution >= 0.6 is 0 Å². The van der Waals surface area contributed by atoms with E-state index < -0.39 is 11.9 Å². The fraction of sp³-hybridized carbons (Fsp3) is 0.214. The van der Waals surface area contributed by atoms with Gasteiger partial charge in [0.05, 0.1) is 5.69 Å². The molecule has 1 atom stereocenters. The highest BCUT2D eigenvalue weighted by Gasteiger charge is 2.15. The first kappa shape index (κ1) is 27.1. The molecule has 0 aliphatic carbocycles. The Morgan fingerprint density at radius 1 is 1.00 bits per heavy atom. The lowest BCUT2D eigenvalue weighted by Gasteiger charge is -2.18. The summed E-state index contributed by atoms with van der Waals surface area (Å²) in [6, 6.07) is 20.5. The molecular formula is C28H30N4O5. The van der Waals surface area contributed by atoms with Gasteiger partial charge in [-0.1, -0.05) is 17.7 Å². The average molecular weight is 503 g/mol. The van der Waals surface area contributed by atoms with Gasteiger partial charge < -0.3 is 19.8 Å². The number of carboxylic acids is 2. The molecule has 0 fully saturated rings. The molecule has 9 nitrogen and oxygen atoms in total. The van der Waals surface area contributed by atoms with Gasteiger partial charge in [-0.3, -0.25) is 0 Å². The molecule has 1 unspecified atom stereocenters. The number of ether oxygens (including phenoxy) is 1. The third-order valence-electron chi connectivity index (χ3n) is 5.18. The predicted molar refractivity (Wildman–Crippen MR) is 142 cm³/mol. The first-order chi connectivity index (χ1) is 17.6. The van der Waals surface area contributed by atoms with E-state index in [-0.39, 0.29) is 6.10 Å². The van der Waals surface area contributed by atoms with Gasteiger partial charge in [0.2, 0.25) is 0 Å². The summed E-state index contributed by atoms with van der Waals surface area (Å²) in [4.78, 5) is 25.8.